The average molecular weight is 292 g/mol. The number of aliphatic imine (C=N–C) groups is 1. The molecule has 5 nitrogen and oxygen atoms in total. The lowest BCUT2D eigenvalue weighted by molar-refractivity contribution is -0.274. The number of hydrogen-bond donors (Lipinski definition) is 0. The van der Waals surface area contributed by atoms with Crippen molar-refractivity contribution in [3.05, 3.63) is 48.0 Å². The molecular formula is C13H7F3N4O. The van der Waals surface area contributed by atoms with Crippen LogP contribution in [0.3, 0.4) is 0 Å². The van der Waals surface area contributed by atoms with Gasteiger partial charge in [-0.2, -0.15) is 5.26 Å². The van der Waals surface area contributed by atoms with Crippen molar-refractivity contribution in [2.45, 2.75) is 6.36 Å². The maximum atomic E-state index is 12.1. The molecular weight excluding hydrogens is 285 g/mol. The summed E-state index contributed by atoms with van der Waals surface area (Å²) in [7, 11) is 0. The first-order valence-corrected chi connectivity index (χ1v) is 5.58. The summed E-state index contributed by atoms with van der Waals surface area (Å²) in [5.41, 5.74) is 0.617. The van der Waals surface area contributed by atoms with Crippen molar-refractivity contribution in [1.82, 2.24) is 9.97 Å². The number of alkyl halides is 3. The summed E-state index contributed by atoms with van der Waals surface area (Å²) >= 11 is 0. The van der Waals surface area contributed by atoms with E-state index in [2.05, 4.69) is 19.7 Å². The molecule has 2 aromatic rings. The van der Waals surface area contributed by atoms with Gasteiger partial charge in [0.1, 0.15) is 11.8 Å². The molecule has 0 saturated heterocycles. The summed E-state index contributed by atoms with van der Waals surface area (Å²) < 4.78 is 40.0. The number of nitriles is 1. The van der Waals surface area contributed by atoms with Gasteiger partial charge in [-0.3, -0.25) is 15.0 Å². The zero-order chi connectivity index (χ0) is 15.3. The maximum Gasteiger partial charge on any atom is 0.573 e. The van der Waals surface area contributed by atoms with Gasteiger partial charge in [0.05, 0.1) is 29.4 Å². The van der Waals surface area contributed by atoms with Gasteiger partial charge in [-0.25, -0.2) is 0 Å². The fraction of sp³-hybridized carbons (Fsp3) is 0.0769. The van der Waals surface area contributed by atoms with Crippen LogP contribution in [0.5, 0.6) is 5.75 Å². The Morgan fingerprint density at radius 2 is 2.10 bits per heavy atom. The predicted octanol–water partition coefficient (Wildman–Crippen LogP) is 3.00. The van der Waals surface area contributed by atoms with Gasteiger partial charge in [0.15, 0.2) is 0 Å². The van der Waals surface area contributed by atoms with E-state index in [9.17, 15) is 13.2 Å². The fourth-order valence-electron chi connectivity index (χ4n) is 1.43. The van der Waals surface area contributed by atoms with Crippen LogP contribution in [0, 0.1) is 11.3 Å². The van der Waals surface area contributed by atoms with Gasteiger partial charge in [-0.05, 0) is 12.1 Å². The molecule has 0 bridgehead atoms. The monoisotopic (exact) mass is 292 g/mol. The van der Waals surface area contributed by atoms with Crippen LogP contribution >= 0.6 is 0 Å². The zero-order valence-corrected chi connectivity index (χ0v) is 10.4. The minimum absolute atomic E-state index is 0.0445. The highest BCUT2D eigenvalue weighted by Gasteiger charge is 2.31. The first-order chi connectivity index (χ1) is 9.98. The predicted molar refractivity (Wildman–Crippen MR) is 67.1 cm³/mol. The Balaban J connectivity index is 2.25. The lowest BCUT2D eigenvalue weighted by Crippen LogP contribution is -2.17. The number of hydrogen-bond acceptors (Lipinski definition) is 5. The smallest absolute Gasteiger partial charge is 0.406 e. The van der Waals surface area contributed by atoms with Gasteiger partial charge < -0.3 is 4.74 Å². The first-order valence-electron chi connectivity index (χ1n) is 5.58. The number of rotatable bonds is 3. The molecule has 0 unspecified atom stereocenters. The second kappa shape index (κ2) is 6.00. The lowest BCUT2D eigenvalue weighted by Gasteiger charge is -2.09. The van der Waals surface area contributed by atoms with Crippen molar-refractivity contribution in [3.63, 3.8) is 0 Å². The van der Waals surface area contributed by atoms with Crippen molar-refractivity contribution in [2.24, 2.45) is 4.99 Å². The van der Waals surface area contributed by atoms with Crippen LogP contribution in [0.1, 0.15) is 11.3 Å². The van der Waals surface area contributed by atoms with Gasteiger partial charge in [-0.15, -0.1) is 13.2 Å². The highest BCUT2D eigenvalue weighted by Crippen LogP contribution is 2.28. The molecule has 106 valence electrons. The quantitative estimate of drug-likeness (QED) is 0.815. The van der Waals surface area contributed by atoms with Crippen LogP contribution in [0.25, 0.3) is 0 Å². The van der Waals surface area contributed by atoms with E-state index >= 15 is 0 Å². The molecule has 0 aliphatic heterocycles. The number of ether oxygens (including phenoxy) is 1. The lowest BCUT2D eigenvalue weighted by atomic mass is 10.2. The third-order valence-electron chi connectivity index (χ3n) is 2.24. The summed E-state index contributed by atoms with van der Waals surface area (Å²) in [5.74, 6) is -0.475. The third-order valence-corrected chi connectivity index (χ3v) is 2.24. The summed E-state index contributed by atoms with van der Waals surface area (Å²) in [6.45, 7) is 0. The van der Waals surface area contributed by atoms with E-state index in [0.717, 1.165) is 12.1 Å². The van der Waals surface area contributed by atoms with E-state index in [-0.39, 0.29) is 11.3 Å². The SMILES string of the molecule is N#Cc1cc(OC(F)(F)F)ccc1N=Cc1cnccn1. The van der Waals surface area contributed by atoms with Gasteiger partial charge >= 0.3 is 6.36 Å². The van der Waals surface area contributed by atoms with Gasteiger partial charge in [0, 0.05) is 18.5 Å². The second-order valence-corrected chi connectivity index (χ2v) is 3.73. The largest absolute Gasteiger partial charge is 0.573 e. The summed E-state index contributed by atoms with van der Waals surface area (Å²) in [6.07, 6.45) is 0.954. The molecule has 0 aliphatic carbocycles. The molecule has 0 aliphatic rings. The molecule has 0 amide bonds. The summed E-state index contributed by atoms with van der Waals surface area (Å²) in [6, 6.07) is 5.07. The standard InChI is InChI=1S/C13H7F3N4O/c14-13(15,16)21-11-1-2-12(9(5-11)6-17)20-8-10-7-18-3-4-19-10/h1-5,7-8H. The van der Waals surface area contributed by atoms with E-state index in [0.29, 0.717) is 5.69 Å². The molecule has 21 heavy (non-hydrogen) atoms. The van der Waals surface area contributed by atoms with Crippen LogP contribution < -0.4 is 4.74 Å². The van der Waals surface area contributed by atoms with Crippen molar-refractivity contribution in [2.75, 3.05) is 0 Å². The van der Waals surface area contributed by atoms with Crippen molar-refractivity contribution >= 4 is 11.9 Å². The van der Waals surface area contributed by atoms with E-state index in [1.807, 2.05) is 0 Å². The minimum atomic E-state index is -4.81. The van der Waals surface area contributed by atoms with Crippen molar-refractivity contribution < 1.29 is 17.9 Å². The van der Waals surface area contributed by atoms with Crippen LogP contribution in [0.4, 0.5) is 18.9 Å². The highest BCUT2D eigenvalue weighted by molar-refractivity contribution is 5.80. The average Bonchev–Trinajstić information content (AvgIpc) is 2.45. The maximum absolute atomic E-state index is 12.1. The van der Waals surface area contributed by atoms with Crippen LogP contribution in [-0.4, -0.2) is 22.5 Å². The van der Waals surface area contributed by atoms with Gasteiger partial charge in [-0.1, -0.05) is 0 Å². The molecule has 0 fully saturated rings. The normalized spacial score (nSPS) is 11.3. The summed E-state index contributed by atoms with van der Waals surface area (Å²) in [4.78, 5) is 11.8. The number of aromatic nitrogens is 2. The Morgan fingerprint density at radius 3 is 2.71 bits per heavy atom. The Bertz CT molecular complexity index is 693. The van der Waals surface area contributed by atoms with E-state index in [1.54, 1.807) is 6.07 Å². The summed E-state index contributed by atoms with van der Waals surface area (Å²) in [5, 5.41) is 8.95. The van der Waals surface area contributed by atoms with E-state index < -0.39 is 12.1 Å². The molecule has 0 spiro atoms. The zero-order valence-electron chi connectivity index (χ0n) is 10.4. The molecule has 8 heteroatoms. The van der Waals surface area contributed by atoms with Gasteiger partial charge in [0.25, 0.3) is 0 Å². The van der Waals surface area contributed by atoms with Crippen LogP contribution in [0.15, 0.2) is 41.8 Å². The third kappa shape index (κ3) is 4.28. The van der Waals surface area contributed by atoms with Crippen LogP contribution in [0.2, 0.25) is 0 Å². The highest BCUT2D eigenvalue weighted by atomic mass is 19.4. The molecule has 1 aromatic heterocycles. The van der Waals surface area contributed by atoms with Crippen LogP contribution in [-0.2, 0) is 0 Å². The minimum Gasteiger partial charge on any atom is -0.406 e. The van der Waals surface area contributed by atoms with Gasteiger partial charge in [0.2, 0.25) is 0 Å². The number of nitrogens with zero attached hydrogens (tertiary/aromatic N) is 4. The molecule has 0 radical (unpaired) electrons. The van der Waals surface area contributed by atoms with Crippen molar-refractivity contribution in [3.8, 4) is 11.8 Å². The Morgan fingerprint density at radius 1 is 1.29 bits per heavy atom. The van der Waals surface area contributed by atoms with E-state index in [4.69, 9.17) is 5.26 Å². The second-order valence-electron chi connectivity index (χ2n) is 3.73. The number of benzene rings is 1. The molecule has 1 heterocycles. The Kier molecular flexibility index (Phi) is 4.13. The Labute approximate surface area is 117 Å². The molecule has 1 aromatic carbocycles. The topological polar surface area (TPSA) is 71.2 Å². The molecule has 0 atom stereocenters. The van der Waals surface area contributed by atoms with Crippen molar-refractivity contribution in [1.29, 1.82) is 5.26 Å². The first kappa shape index (κ1) is 14.5. The molecule has 0 N–H and O–H groups in total. The Hall–Kier alpha value is -2.95. The fourth-order valence-corrected chi connectivity index (χ4v) is 1.43. The molecule has 0 saturated carbocycles. The van der Waals surface area contributed by atoms with E-state index in [1.165, 1.54) is 30.9 Å². The molecule has 2 rings (SSSR count). The number of halogens is 3.